The predicted molar refractivity (Wildman–Crippen MR) is 58.8 cm³/mol. The highest BCUT2D eigenvalue weighted by atomic mass is 19.2. The quantitative estimate of drug-likeness (QED) is 0.634. The van der Waals surface area contributed by atoms with Gasteiger partial charge in [-0.1, -0.05) is 12.1 Å². The van der Waals surface area contributed by atoms with Crippen LogP contribution >= 0.6 is 0 Å². The Kier molecular flexibility index (Phi) is 3.51. The van der Waals surface area contributed by atoms with Crippen LogP contribution in [0.4, 0.5) is 8.78 Å². The van der Waals surface area contributed by atoms with E-state index < -0.39 is 11.6 Å². The zero-order chi connectivity index (χ0) is 12.3. The summed E-state index contributed by atoms with van der Waals surface area (Å²) >= 11 is 0. The van der Waals surface area contributed by atoms with Crippen LogP contribution in [0, 0.1) is 11.6 Å². The van der Waals surface area contributed by atoms with Crippen molar-refractivity contribution in [2.75, 3.05) is 0 Å². The van der Waals surface area contributed by atoms with Crippen LogP contribution in [-0.4, -0.2) is 0 Å². The molecule has 0 amide bonds. The number of nitrogens with two attached hydrogens (primary N) is 1. The fraction of sp³-hybridized carbons (Fsp3) is 0.167. The molecule has 2 rings (SSSR count). The molecule has 0 spiro atoms. The molecular formula is C12H12F2N2O. The van der Waals surface area contributed by atoms with Crippen molar-refractivity contribution < 1.29 is 13.2 Å². The number of halogens is 2. The van der Waals surface area contributed by atoms with Gasteiger partial charge in [0.05, 0.1) is 18.6 Å². The van der Waals surface area contributed by atoms with E-state index in [0.717, 1.165) is 11.6 Å². The Morgan fingerprint density at radius 2 is 2.12 bits per heavy atom. The third-order valence-corrected chi connectivity index (χ3v) is 2.60. The fourth-order valence-electron chi connectivity index (χ4n) is 1.67. The molecule has 2 aromatic rings. The number of rotatable bonds is 4. The van der Waals surface area contributed by atoms with Crippen LogP contribution in [0.25, 0.3) is 0 Å². The molecule has 1 aromatic heterocycles. The zero-order valence-corrected chi connectivity index (χ0v) is 8.99. The van der Waals surface area contributed by atoms with E-state index in [4.69, 9.17) is 10.3 Å². The second-order valence-electron chi connectivity index (χ2n) is 3.69. The largest absolute Gasteiger partial charge is 0.472 e. The van der Waals surface area contributed by atoms with Crippen molar-refractivity contribution in [3.63, 3.8) is 0 Å². The maximum atomic E-state index is 13.5. The summed E-state index contributed by atoms with van der Waals surface area (Å²) in [5.74, 6) is 3.70. The van der Waals surface area contributed by atoms with Crippen LogP contribution in [0.3, 0.4) is 0 Å². The molecule has 0 aliphatic carbocycles. The Hall–Kier alpha value is -1.72. The lowest BCUT2D eigenvalue weighted by molar-refractivity contribution is 0.478. The molecule has 0 radical (unpaired) electrons. The number of nitrogens with one attached hydrogen (secondary N) is 1. The number of hydrogen-bond acceptors (Lipinski definition) is 3. The monoisotopic (exact) mass is 238 g/mol. The van der Waals surface area contributed by atoms with Gasteiger partial charge >= 0.3 is 0 Å². The van der Waals surface area contributed by atoms with Crippen molar-refractivity contribution in [3.05, 3.63) is 59.6 Å². The second kappa shape index (κ2) is 5.07. The van der Waals surface area contributed by atoms with E-state index >= 15 is 0 Å². The van der Waals surface area contributed by atoms with Crippen molar-refractivity contribution in [1.29, 1.82) is 0 Å². The Labute approximate surface area is 97.2 Å². The summed E-state index contributed by atoms with van der Waals surface area (Å²) in [4.78, 5) is 0. The minimum atomic E-state index is -0.856. The van der Waals surface area contributed by atoms with Crippen LogP contribution in [-0.2, 0) is 6.42 Å². The highest BCUT2D eigenvalue weighted by molar-refractivity contribution is 5.23. The normalized spacial score (nSPS) is 12.6. The molecule has 0 aliphatic rings. The smallest absolute Gasteiger partial charge is 0.162 e. The van der Waals surface area contributed by atoms with E-state index in [9.17, 15) is 8.78 Å². The van der Waals surface area contributed by atoms with Crippen molar-refractivity contribution in [3.8, 4) is 0 Å². The third-order valence-electron chi connectivity index (χ3n) is 2.60. The highest BCUT2D eigenvalue weighted by Gasteiger charge is 2.15. The third kappa shape index (κ3) is 2.51. The molecule has 17 heavy (non-hydrogen) atoms. The Balaban J connectivity index is 2.22. The average molecular weight is 238 g/mol. The maximum Gasteiger partial charge on any atom is 0.162 e. The lowest BCUT2D eigenvalue weighted by Crippen LogP contribution is -2.29. The van der Waals surface area contributed by atoms with Gasteiger partial charge in [0.25, 0.3) is 0 Å². The van der Waals surface area contributed by atoms with Gasteiger partial charge in [-0.05, 0) is 24.1 Å². The predicted octanol–water partition coefficient (Wildman–Crippen LogP) is 2.30. The molecule has 3 nitrogen and oxygen atoms in total. The molecule has 1 aromatic carbocycles. The van der Waals surface area contributed by atoms with Gasteiger partial charge in [-0.2, -0.15) is 0 Å². The summed E-state index contributed by atoms with van der Waals surface area (Å²) in [7, 11) is 0. The van der Waals surface area contributed by atoms with Gasteiger partial charge in [-0.25, -0.2) is 8.78 Å². The zero-order valence-electron chi connectivity index (χ0n) is 8.99. The summed E-state index contributed by atoms with van der Waals surface area (Å²) in [6.07, 6.45) is 3.27. The average Bonchev–Trinajstić information content (AvgIpc) is 2.85. The number of benzene rings is 1. The summed E-state index contributed by atoms with van der Waals surface area (Å²) in [6, 6.07) is 5.49. The van der Waals surface area contributed by atoms with Gasteiger partial charge in [0.15, 0.2) is 11.6 Å². The SMILES string of the molecule is NNC(Cc1cccc(F)c1F)c1ccoc1. The van der Waals surface area contributed by atoms with E-state index in [0.29, 0.717) is 0 Å². The molecule has 0 aliphatic heterocycles. The van der Waals surface area contributed by atoms with E-state index in [-0.39, 0.29) is 18.0 Å². The minimum absolute atomic E-state index is 0.250. The van der Waals surface area contributed by atoms with Crippen LogP contribution in [0.15, 0.2) is 41.2 Å². The molecule has 5 heteroatoms. The first kappa shape index (κ1) is 11.8. The van der Waals surface area contributed by atoms with Crippen molar-refractivity contribution >= 4 is 0 Å². The van der Waals surface area contributed by atoms with Crippen LogP contribution in [0.2, 0.25) is 0 Å². The fourth-order valence-corrected chi connectivity index (χ4v) is 1.67. The molecule has 0 saturated carbocycles. The number of hydrazine groups is 1. The van der Waals surface area contributed by atoms with Crippen LogP contribution in [0.5, 0.6) is 0 Å². The Morgan fingerprint density at radius 3 is 2.76 bits per heavy atom. The Morgan fingerprint density at radius 1 is 1.29 bits per heavy atom. The molecule has 1 atom stereocenters. The molecule has 1 heterocycles. The van der Waals surface area contributed by atoms with E-state index in [2.05, 4.69) is 5.43 Å². The molecule has 1 unspecified atom stereocenters. The van der Waals surface area contributed by atoms with Crippen molar-refractivity contribution in [2.45, 2.75) is 12.5 Å². The van der Waals surface area contributed by atoms with E-state index in [1.807, 2.05) is 0 Å². The van der Waals surface area contributed by atoms with Crippen molar-refractivity contribution in [1.82, 2.24) is 5.43 Å². The molecule has 0 saturated heterocycles. The van der Waals surface area contributed by atoms with Crippen molar-refractivity contribution in [2.24, 2.45) is 5.84 Å². The van der Waals surface area contributed by atoms with Gasteiger partial charge in [-0.15, -0.1) is 0 Å². The van der Waals surface area contributed by atoms with Gasteiger partial charge in [0, 0.05) is 5.56 Å². The van der Waals surface area contributed by atoms with Crippen LogP contribution < -0.4 is 11.3 Å². The summed E-state index contributed by atoms with van der Waals surface area (Å²) < 4.78 is 31.4. The van der Waals surface area contributed by atoms with Gasteiger partial charge < -0.3 is 4.42 Å². The Bertz CT molecular complexity index is 485. The summed E-state index contributed by atoms with van der Waals surface area (Å²) in [5, 5.41) is 0. The summed E-state index contributed by atoms with van der Waals surface area (Å²) in [5.41, 5.74) is 3.61. The molecule has 0 fully saturated rings. The van der Waals surface area contributed by atoms with E-state index in [1.165, 1.54) is 24.7 Å². The number of hydrogen-bond donors (Lipinski definition) is 2. The van der Waals surface area contributed by atoms with Crippen LogP contribution in [0.1, 0.15) is 17.2 Å². The first-order chi connectivity index (χ1) is 8.22. The highest BCUT2D eigenvalue weighted by Crippen LogP contribution is 2.21. The maximum absolute atomic E-state index is 13.5. The molecule has 3 N–H and O–H groups in total. The standard InChI is InChI=1S/C12H12F2N2O/c13-10-3-1-2-8(12(10)14)6-11(16-15)9-4-5-17-7-9/h1-5,7,11,16H,6,15H2. The van der Waals surface area contributed by atoms with E-state index in [1.54, 1.807) is 6.07 Å². The minimum Gasteiger partial charge on any atom is -0.472 e. The van der Waals surface area contributed by atoms with Gasteiger partial charge in [-0.3, -0.25) is 11.3 Å². The topological polar surface area (TPSA) is 51.2 Å². The van der Waals surface area contributed by atoms with Gasteiger partial charge in [0.1, 0.15) is 0 Å². The lowest BCUT2D eigenvalue weighted by atomic mass is 10.0. The van der Waals surface area contributed by atoms with Gasteiger partial charge in [0.2, 0.25) is 0 Å². The molecular weight excluding hydrogens is 226 g/mol. The molecule has 90 valence electrons. The number of furan rings is 1. The second-order valence-corrected chi connectivity index (χ2v) is 3.69. The molecule has 0 bridgehead atoms. The lowest BCUT2D eigenvalue weighted by Gasteiger charge is -2.14. The summed E-state index contributed by atoms with van der Waals surface area (Å²) in [6.45, 7) is 0. The first-order valence-electron chi connectivity index (χ1n) is 5.13. The first-order valence-corrected chi connectivity index (χ1v) is 5.13.